The average Bonchev–Trinajstić information content (AvgIpc) is 2.61. The molecule has 3 aromatic rings. The number of benzene rings is 2. The fourth-order valence-electron chi connectivity index (χ4n) is 2.61. The second-order valence-electron chi connectivity index (χ2n) is 5.70. The van der Waals surface area contributed by atoms with E-state index >= 15 is 0 Å². The van der Waals surface area contributed by atoms with Crippen molar-refractivity contribution in [1.29, 1.82) is 5.26 Å². The van der Waals surface area contributed by atoms with Crippen LogP contribution in [0.4, 0.5) is 8.78 Å². The molecule has 0 spiro atoms. The number of pyridine rings is 1. The quantitative estimate of drug-likeness (QED) is 0.769. The smallest absolute Gasteiger partial charge is 0.266 e. The van der Waals surface area contributed by atoms with Crippen LogP contribution in [0.2, 0.25) is 0 Å². The van der Waals surface area contributed by atoms with Crippen LogP contribution in [-0.2, 0) is 6.61 Å². The summed E-state index contributed by atoms with van der Waals surface area (Å²) < 4.78 is 32.9. The first-order valence-electron chi connectivity index (χ1n) is 7.79. The van der Waals surface area contributed by atoms with Crippen molar-refractivity contribution in [1.82, 2.24) is 4.98 Å². The van der Waals surface area contributed by atoms with Crippen molar-refractivity contribution in [2.45, 2.75) is 13.5 Å². The number of aromatic nitrogens is 1. The number of ether oxygens (including phenoxy) is 1. The molecule has 1 N–H and O–H groups in total. The molecule has 1 aromatic heterocycles. The number of nitriles is 1. The van der Waals surface area contributed by atoms with Crippen LogP contribution in [0.3, 0.4) is 0 Å². The van der Waals surface area contributed by atoms with Gasteiger partial charge < -0.3 is 9.72 Å². The van der Waals surface area contributed by atoms with Crippen LogP contribution >= 0.6 is 0 Å². The van der Waals surface area contributed by atoms with Gasteiger partial charge in [0.25, 0.3) is 5.56 Å². The van der Waals surface area contributed by atoms with Gasteiger partial charge in [0.1, 0.15) is 35.6 Å². The minimum absolute atomic E-state index is 0.00658. The second-order valence-corrected chi connectivity index (χ2v) is 5.70. The maximum atomic E-state index is 13.7. The Balaban J connectivity index is 1.93. The molecular formula is C20H14F2N2O2. The van der Waals surface area contributed by atoms with Gasteiger partial charge >= 0.3 is 0 Å². The van der Waals surface area contributed by atoms with Gasteiger partial charge in [-0.05, 0) is 42.8 Å². The second kappa shape index (κ2) is 7.19. The molecule has 0 fully saturated rings. The van der Waals surface area contributed by atoms with E-state index in [1.807, 2.05) is 6.07 Å². The molecule has 0 unspecified atom stereocenters. The topological polar surface area (TPSA) is 65.9 Å². The standard InChI is InChI=1S/C20H14F2N2O2/c1-12-8-15(16(10-23)20(25)24-12)13-4-2-5-14(9-13)26-11-17-18(21)6-3-7-19(17)22/h2-9H,11H2,1H3,(H,24,25). The Bertz CT molecular complexity index is 1050. The average molecular weight is 352 g/mol. The largest absolute Gasteiger partial charge is 0.489 e. The normalized spacial score (nSPS) is 10.4. The minimum Gasteiger partial charge on any atom is -0.489 e. The predicted molar refractivity (Wildman–Crippen MR) is 92.6 cm³/mol. The number of hydrogen-bond donors (Lipinski definition) is 1. The molecule has 130 valence electrons. The Morgan fingerprint density at radius 2 is 1.81 bits per heavy atom. The van der Waals surface area contributed by atoms with E-state index in [-0.39, 0.29) is 17.7 Å². The number of aryl methyl sites for hydroxylation is 1. The number of halogens is 2. The highest BCUT2D eigenvalue weighted by molar-refractivity contribution is 5.71. The van der Waals surface area contributed by atoms with E-state index in [1.54, 1.807) is 37.3 Å². The predicted octanol–water partition coefficient (Wildman–Crippen LogP) is 4.08. The van der Waals surface area contributed by atoms with Crippen molar-refractivity contribution in [2.24, 2.45) is 0 Å². The van der Waals surface area contributed by atoms with Crippen LogP contribution in [0.15, 0.2) is 53.3 Å². The molecule has 0 atom stereocenters. The van der Waals surface area contributed by atoms with Crippen molar-refractivity contribution in [3.8, 4) is 22.9 Å². The molecule has 0 radical (unpaired) electrons. The molecular weight excluding hydrogens is 338 g/mol. The van der Waals surface area contributed by atoms with E-state index in [1.165, 1.54) is 6.07 Å². The number of nitrogens with zero attached hydrogens (tertiary/aromatic N) is 1. The molecule has 4 nitrogen and oxygen atoms in total. The first-order chi connectivity index (χ1) is 12.5. The Morgan fingerprint density at radius 1 is 1.12 bits per heavy atom. The third-order valence-electron chi connectivity index (χ3n) is 3.87. The van der Waals surface area contributed by atoms with E-state index < -0.39 is 17.2 Å². The Hall–Kier alpha value is -3.46. The van der Waals surface area contributed by atoms with Gasteiger partial charge in [0.05, 0.1) is 5.56 Å². The lowest BCUT2D eigenvalue weighted by Gasteiger charge is -2.10. The van der Waals surface area contributed by atoms with Crippen molar-refractivity contribution in [3.63, 3.8) is 0 Å². The maximum absolute atomic E-state index is 13.7. The summed E-state index contributed by atoms with van der Waals surface area (Å²) in [5.41, 5.74) is 1.04. The van der Waals surface area contributed by atoms with Crippen molar-refractivity contribution in [3.05, 3.63) is 87.3 Å². The minimum atomic E-state index is -0.682. The lowest BCUT2D eigenvalue weighted by molar-refractivity contribution is 0.292. The first kappa shape index (κ1) is 17.4. The number of nitrogens with one attached hydrogen (secondary N) is 1. The van der Waals surface area contributed by atoms with Gasteiger partial charge in [-0.15, -0.1) is 0 Å². The highest BCUT2D eigenvalue weighted by Crippen LogP contribution is 2.26. The zero-order valence-corrected chi connectivity index (χ0v) is 13.8. The van der Waals surface area contributed by atoms with E-state index in [0.717, 1.165) is 12.1 Å². The van der Waals surface area contributed by atoms with Crippen LogP contribution in [0, 0.1) is 29.9 Å². The molecule has 0 saturated carbocycles. The summed E-state index contributed by atoms with van der Waals surface area (Å²) in [6.07, 6.45) is 0. The molecule has 0 amide bonds. The van der Waals surface area contributed by atoms with Gasteiger partial charge in [0, 0.05) is 11.3 Å². The molecule has 6 heteroatoms. The summed E-state index contributed by atoms with van der Waals surface area (Å²) >= 11 is 0. The summed E-state index contributed by atoms with van der Waals surface area (Å²) in [6.45, 7) is 1.44. The summed E-state index contributed by atoms with van der Waals surface area (Å²) in [6, 6.07) is 13.9. The van der Waals surface area contributed by atoms with Crippen molar-refractivity contribution < 1.29 is 13.5 Å². The molecule has 0 aliphatic carbocycles. The monoisotopic (exact) mass is 352 g/mol. The van der Waals surface area contributed by atoms with Crippen LogP contribution < -0.4 is 10.3 Å². The molecule has 0 aliphatic heterocycles. The van der Waals surface area contributed by atoms with Crippen LogP contribution in [0.1, 0.15) is 16.8 Å². The fourth-order valence-corrected chi connectivity index (χ4v) is 2.61. The highest BCUT2D eigenvalue weighted by atomic mass is 19.1. The molecule has 0 bridgehead atoms. The van der Waals surface area contributed by atoms with E-state index in [9.17, 15) is 18.8 Å². The lowest BCUT2D eigenvalue weighted by Crippen LogP contribution is -2.12. The van der Waals surface area contributed by atoms with E-state index in [0.29, 0.717) is 22.6 Å². The molecule has 26 heavy (non-hydrogen) atoms. The molecule has 0 saturated heterocycles. The van der Waals surface area contributed by atoms with Gasteiger partial charge in [-0.1, -0.05) is 18.2 Å². The molecule has 2 aromatic carbocycles. The molecule has 3 rings (SSSR count). The maximum Gasteiger partial charge on any atom is 0.266 e. The zero-order chi connectivity index (χ0) is 18.7. The third kappa shape index (κ3) is 3.47. The van der Waals surface area contributed by atoms with Gasteiger partial charge in [-0.3, -0.25) is 4.79 Å². The Kier molecular flexibility index (Phi) is 4.81. The number of aromatic amines is 1. The van der Waals surface area contributed by atoms with Gasteiger partial charge in [-0.2, -0.15) is 5.26 Å². The van der Waals surface area contributed by atoms with Crippen molar-refractivity contribution >= 4 is 0 Å². The number of H-pyrrole nitrogens is 1. The number of rotatable bonds is 4. The number of hydrogen-bond acceptors (Lipinski definition) is 3. The van der Waals surface area contributed by atoms with Crippen LogP contribution in [-0.4, -0.2) is 4.98 Å². The summed E-state index contributed by atoms with van der Waals surface area (Å²) in [4.78, 5) is 14.5. The van der Waals surface area contributed by atoms with Crippen LogP contribution in [0.25, 0.3) is 11.1 Å². The van der Waals surface area contributed by atoms with Crippen molar-refractivity contribution in [2.75, 3.05) is 0 Å². The van der Waals surface area contributed by atoms with Gasteiger partial charge in [0.15, 0.2) is 0 Å². The Morgan fingerprint density at radius 3 is 2.50 bits per heavy atom. The molecule has 0 aliphatic rings. The summed E-state index contributed by atoms with van der Waals surface area (Å²) in [7, 11) is 0. The zero-order valence-electron chi connectivity index (χ0n) is 13.8. The third-order valence-corrected chi connectivity index (χ3v) is 3.87. The van der Waals surface area contributed by atoms with Crippen LogP contribution in [0.5, 0.6) is 5.75 Å². The van der Waals surface area contributed by atoms with Gasteiger partial charge in [-0.25, -0.2) is 8.78 Å². The highest BCUT2D eigenvalue weighted by Gasteiger charge is 2.12. The molecule has 1 heterocycles. The fraction of sp³-hybridized carbons (Fsp3) is 0.100. The first-order valence-corrected chi connectivity index (χ1v) is 7.79. The summed E-state index contributed by atoms with van der Waals surface area (Å²) in [5.74, 6) is -0.997. The van der Waals surface area contributed by atoms with E-state index in [4.69, 9.17) is 4.74 Å². The SMILES string of the molecule is Cc1cc(-c2cccc(OCc3c(F)cccc3F)c2)c(C#N)c(=O)[nH]1. The Labute approximate surface area is 148 Å². The van der Waals surface area contributed by atoms with Gasteiger partial charge in [0.2, 0.25) is 0 Å². The lowest BCUT2D eigenvalue weighted by atomic mass is 10.0. The van der Waals surface area contributed by atoms with E-state index in [2.05, 4.69) is 4.98 Å². The summed E-state index contributed by atoms with van der Waals surface area (Å²) in [5, 5.41) is 9.25.